The molecule has 1 unspecified atom stereocenters. The van der Waals surface area contributed by atoms with Crippen molar-refractivity contribution in [3.05, 3.63) is 35.4 Å². The third-order valence-electron chi connectivity index (χ3n) is 3.71. The second-order valence-electron chi connectivity index (χ2n) is 5.14. The first-order chi connectivity index (χ1) is 8.81. The van der Waals surface area contributed by atoms with Gasteiger partial charge >= 0.3 is 0 Å². The van der Waals surface area contributed by atoms with Crippen molar-refractivity contribution >= 4 is 0 Å². The Bertz CT molecular complexity index is 319. The number of benzene rings is 1. The minimum Gasteiger partial charge on any atom is -0.313 e. The second kappa shape index (κ2) is 9.16. The summed E-state index contributed by atoms with van der Waals surface area (Å²) in [5, 5.41) is 3.46. The van der Waals surface area contributed by atoms with Gasteiger partial charge in [-0.1, -0.05) is 70.2 Å². The molecule has 1 N–H and O–H groups in total. The molecule has 0 fully saturated rings. The van der Waals surface area contributed by atoms with Crippen LogP contribution in [0, 0.1) is 0 Å². The van der Waals surface area contributed by atoms with Crippen molar-refractivity contribution < 1.29 is 0 Å². The molecule has 0 radical (unpaired) electrons. The topological polar surface area (TPSA) is 12.0 Å². The number of hydrogen-bond donors (Lipinski definition) is 1. The highest BCUT2D eigenvalue weighted by Gasteiger charge is 2.08. The number of nitrogens with one attached hydrogen (secondary N) is 1. The zero-order chi connectivity index (χ0) is 13.2. The smallest absolute Gasteiger partial charge is 0.0317 e. The fourth-order valence-electron chi connectivity index (χ4n) is 2.46. The van der Waals surface area contributed by atoms with Crippen molar-refractivity contribution in [3.8, 4) is 0 Å². The van der Waals surface area contributed by atoms with Crippen molar-refractivity contribution in [2.45, 2.75) is 64.8 Å². The molecule has 102 valence electrons. The predicted molar refractivity (Wildman–Crippen MR) is 81.0 cm³/mol. The van der Waals surface area contributed by atoms with E-state index in [0.717, 1.165) is 6.42 Å². The van der Waals surface area contributed by atoms with Crippen LogP contribution in [-0.4, -0.2) is 7.05 Å². The van der Waals surface area contributed by atoms with Gasteiger partial charge in [0.25, 0.3) is 0 Å². The zero-order valence-corrected chi connectivity index (χ0v) is 12.3. The molecule has 1 aromatic rings. The summed E-state index contributed by atoms with van der Waals surface area (Å²) in [6, 6.07) is 9.55. The lowest BCUT2D eigenvalue weighted by atomic mass is 9.98. The fraction of sp³-hybridized carbons (Fsp3) is 0.647. The molecule has 0 saturated heterocycles. The van der Waals surface area contributed by atoms with Crippen LogP contribution in [0.5, 0.6) is 0 Å². The van der Waals surface area contributed by atoms with E-state index in [1.807, 2.05) is 0 Å². The molecular weight excluding hydrogens is 218 g/mol. The monoisotopic (exact) mass is 247 g/mol. The molecule has 18 heavy (non-hydrogen) atoms. The van der Waals surface area contributed by atoms with Gasteiger partial charge in [0.05, 0.1) is 0 Å². The average Bonchev–Trinajstić information content (AvgIpc) is 2.43. The van der Waals surface area contributed by atoms with Crippen LogP contribution >= 0.6 is 0 Å². The maximum absolute atomic E-state index is 3.46. The molecule has 0 heterocycles. The molecule has 0 saturated carbocycles. The lowest BCUT2D eigenvalue weighted by molar-refractivity contribution is 0.500. The minimum atomic E-state index is 0.526. The molecule has 1 nitrogen and oxygen atoms in total. The summed E-state index contributed by atoms with van der Waals surface area (Å²) in [4.78, 5) is 0. The van der Waals surface area contributed by atoms with Gasteiger partial charge in [-0.25, -0.2) is 0 Å². The van der Waals surface area contributed by atoms with Crippen LogP contribution in [0.2, 0.25) is 0 Å². The van der Waals surface area contributed by atoms with E-state index in [0.29, 0.717) is 6.04 Å². The first-order valence-electron chi connectivity index (χ1n) is 7.57. The van der Waals surface area contributed by atoms with Crippen LogP contribution in [0.3, 0.4) is 0 Å². The van der Waals surface area contributed by atoms with Crippen molar-refractivity contribution in [2.75, 3.05) is 7.05 Å². The first kappa shape index (κ1) is 15.2. The number of aryl methyl sites for hydroxylation is 1. The molecule has 0 aliphatic carbocycles. The maximum Gasteiger partial charge on any atom is 0.0317 e. The van der Waals surface area contributed by atoms with Gasteiger partial charge in [-0.15, -0.1) is 0 Å². The van der Waals surface area contributed by atoms with Crippen LogP contribution in [-0.2, 0) is 6.42 Å². The van der Waals surface area contributed by atoms with Gasteiger partial charge in [0.15, 0.2) is 0 Å². The fourth-order valence-corrected chi connectivity index (χ4v) is 2.46. The van der Waals surface area contributed by atoms with Crippen LogP contribution in [0.15, 0.2) is 24.3 Å². The normalized spacial score (nSPS) is 12.6. The summed E-state index contributed by atoms with van der Waals surface area (Å²) < 4.78 is 0. The minimum absolute atomic E-state index is 0.526. The zero-order valence-electron chi connectivity index (χ0n) is 12.3. The SMILES string of the molecule is CCCCCCCC(NC)c1cccc(CC)c1. The van der Waals surface area contributed by atoms with E-state index in [1.165, 1.54) is 49.7 Å². The largest absolute Gasteiger partial charge is 0.313 e. The summed E-state index contributed by atoms with van der Waals surface area (Å²) >= 11 is 0. The van der Waals surface area contributed by atoms with Crippen molar-refractivity contribution in [3.63, 3.8) is 0 Å². The van der Waals surface area contributed by atoms with Crippen molar-refractivity contribution in [1.82, 2.24) is 5.32 Å². The molecule has 0 spiro atoms. The van der Waals surface area contributed by atoms with E-state index in [9.17, 15) is 0 Å². The summed E-state index contributed by atoms with van der Waals surface area (Å²) in [7, 11) is 2.08. The molecule has 1 rings (SSSR count). The summed E-state index contributed by atoms with van der Waals surface area (Å²) in [5.41, 5.74) is 2.89. The molecule has 0 bridgehead atoms. The Labute approximate surface area is 113 Å². The van der Waals surface area contributed by atoms with Crippen LogP contribution in [0.4, 0.5) is 0 Å². The summed E-state index contributed by atoms with van der Waals surface area (Å²) in [6.45, 7) is 4.49. The van der Waals surface area contributed by atoms with Gasteiger partial charge in [-0.2, -0.15) is 0 Å². The maximum atomic E-state index is 3.46. The van der Waals surface area contributed by atoms with Crippen LogP contribution < -0.4 is 5.32 Å². The number of rotatable bonds is 9. The van der Waals surface area contributed by atoms with Crippen LogP contribution in [0.1, 0.15) is 69.5 Å². The Morgan fingerprint density at radius 2 is 1.83 bits per heavy atom. The third kappa shape index (κ3) is 5.22. The Hall–Kier alpha value is -0.820. The van der Waals surface area contributed by atoms with E-state index in [1.54, 1.807) is 0 Å². The molecule has 0 aromatic heterocycles. The predicted octanol–water partition coefficient (Wildman–Crippen LogP) is 4.87. The Balaban J connectivity index is 2.44. The van der Waals surface area contributed by atoms with E-state index in [4.69, 9.17) is 0 Å². The molecule has 0 aliphatic heterocycles. The lowest BCUT2D eigenvalue weighted by Gasteiger charge is -2.17. The molecule has 0 aliphatic rings. The summed E-state index contributed by atoms with van der Waals surface area (Å²) in [6.07, 6.45) is 9.20. The van der Waals surface area contributed by atoms with Gasteiger partial charge in [0.1, 0.15) is 0 Å². The highest BCUT2D eigenvalue weighted by Crippen LogP contribution is 2.21. The second-order valence-corrected chi connectivity index (χ2v) is 5.14. The van der Waals surface area contributed by atoms with E-state index >= 15 is 0 Å². The van der Waals surface area contributed by atoms with Crippen molar-refractivity contribution in [2.24, 2.45) is 0 Å². The van der Waals surface area contributed by atoms with Gasteiger partial charge in [0, 0.05) is 6.04 Å². The first-order valence-corrected chi connectivity index (χ1v) is 7.57. The number of unbranched alkanes of at least 4 members (excludes halogenated alkanes) is 4. The summed E-state index contributed by atoms with van der Waals surface area (Å²) in [5.74, 6) is 0. The standard InChI is InChI=1S/C17H29N/c1-4-6-7-8-9-13-17(18-3)16-12-10-11-15(5-2)14-16/h10-12,14,17-18H,4-9,13H2,1-3H3. The lowest BCUT2D eigenvalue weighted by Crippen LogP contribution is -2.16. The molecule has 0 amide bonds. The molecule has 1 heteroatoms. The molecule has 1 atom stereocenters. The quantitative estimate of drug-likeness (QED) is 0.614. The van der Waals surface area contributed by atoms with E-state index < -0.39 is 0 Å². The average molecular weight is 247 g/mol. The highest BCUT2D eigenvalue weighted by molar-refractivity contribution is 5.26. The molecule has 1 aromatic carbocycles. The Morgan fingerprint density at radius 1 is 1.06 bits per heavy atom. The van der Waals surface area contributed by atoms with Gasteiger partial charge in [-0.05, 0) is 31.0 Å². The van der Waals surface area contributed by atoms with E-state index in [-0.39, 0.29) is 0 Å². The molecular formula is C17H29N. The highest BCUT2D eigenvalue weighted by atomic mass is 14.9. The van der Waals surface area contributed by atoms with Crippen molar-refractivity contribution in [1.29, 1.82) is 0 Å². The third-order valence-corrected chi connectivity index (χ3v) is 3.71. The Kier molecular flexibility index (Phi) is 7.75. The Morgan fingerprint density at radius 3 is 2.50 bits per heavy atom. The van der Waals surface area contributed by atoms with Gasteiger partial charge in [-0.3, -0.25) is 0 Å². The van der Waals surface area contributed by atoms with Gasteiger partial charge < -0.3 is 5.32 Å². The van der Waals surface area contributed by atoms with E-state index in [2.05, 4.69) is 50.5 Å². The van der Waals surface area contributed by atoms with Gasteiger partial charge in [0.2, 0.25) is 0 Å². The number of hydrogen-bond acceptors (Lipinski definition) is 1. The van der Waals surface area contributed by atoms with Crippen LogP contribution in [0.25, 0.3) is 0 Å².